The molecule has 0 fully saturated rings. The zero-order valence-electron chi connectivity index (χ0n) is 10.4. The van der Waals surface area contributed by atoms with E-state index in [4.69, 9.17) is 9.84 Å². The summed E-state index contributed by atoms with van der Waals surface area (Å²) in [5.41, 5.74) is 1.09. The van der Waals surface area contributed by atoms with E-state index in [0.29, 0.717) is 5.75 Å². The van der Waals surface area contributed by atoms with Gasteiger partial charge in [-0.1, -0.05) is 12.1 Å². The summed E-state index contributed by atoms with van der Waals surface area (Å²) in [6.07, 6.45) is 2.32. The fourth-order valence-electron chi connectivity index (χ4n) is 1.25. The molecule has 0 bridgehead atoms. The lowest BCUT2D eigenvalue weighted by Gasteiger charge is -2.08. The summed E-state index contributed by atoms with van der Waals surface area (Å²) in [7, 11) is 0. The summed E-state index contributed by atoms with van der Waals surface area (Å²) < 4.78 is 6.12. The number of nitrogens with one attached hydrogen (secondary N) is 1. The Balaban J connectivity index is 2.36. The number of hydrogen-bond acceptors (Lipinski definition) is 3. The van der Waals surface area contributed by atoms with E-state index in [1.807, 2.05) is 19.1 Å². The zero-order chi connectivity index (χ0) is 14.3. The van der Waals surface area contributed by atoms with Crippen molar-refractivity contribution in [2.24, 2.45) is 0 Å². The van der Waals surface area contributed by atoms with Crippen LogP contribution in [0.1, 0.15) is 5.56 Å². The number of aryl methyl sites for hydroxylation is 1. The number of carboxylic acids is 1. The first-order chi connectivity index (χ1) is 8.99. The van der Waals surface area contributed by atoms with Crippen LogP contribution in [-0.2, 0) is 9.59 Å². The Morgan fingerprint density at radius 1 is 1.47 bits per heavy atom. The number of carbonyl (C=O) groups excluding carboxylic acids is 1. The number of aliphatic carboxylic acids is 1. The van der Waals surface area contributed by atoms with Crippen molar-refractivity contribution >= 4 is 27.8 Å². The number of rotatable bonds is 6. The minimum Gasteiger partial charge on any atom is -0.483 e. The van der Waals surface area contributed by atoms with Gasteiger partial charge in [0.1, 0.15) is 5.75 Å². The Labute approximate surface area is 119 Å². The second-order valence-electron chi connectivity index (χ2n) is 3.77. The number of benzene rings is 1. The molecule has 0 saturated heterocycles. The number of amides is 1. The van der Waals surface area contributed by atoms with E-state index in [0.717, 1.165) is 16.1 Å². The molecule has 0 radical (unpaired) electrons. The standard InChI is InChI=1S/C13H14BrNO4/c1-9-4-5-11(10(14)7-9)19-8-12(16)15-6-2-3-13(17)18/h2-5,7H,6,8H2,1H3,(H,15,16)(H,17,18)/b3-2+. The van der Waals surface area contributed by atoms with E-state index in [2.05, 4.69) is 21.2 Å². The molecule has 6 heteroatoms. The topological polar surface area (TPSA) is 75.6 Å². The van der Waals surface area contributed by atoms with Crippen LogP contribution in [0.2, 0.25) is 0 Å². The second-order valence-corrected chi connectivity index (χ2v) is 4.62. The summed E-state index contributed by atoms with van der Waals surface area (Å²) in [6.45, 7) is 1.99. The molecule has 19 heavy (non-hydrogen) atoms. The lowest BCUT2D eigenvalue weighted by molar-refractivity contribution is -0.131. The minimum atomic E-state index is -1.05. The van der Waals surface area contributed by atoms with E-state index in [-0.39, 0.29) is 19.1 Å². The van der Waals surface area contributed by atoms with Crippen LogP contribution in [0.3, 0.4) is 0 Å². The first-order valence-electron chi connectivity index (χ1n) is 5.54. The number of halogens is 1. The molecule has 0 unspecified atom stereocenters. The zero-order valence-corrected chi connectivity index (χ0v) is 11.9. The molecule has 0 aliphatic carbocycles. The van der Waals surface area contributed by atoms with Crippen molar-refractivity contribution in [3.8, 4) is 5.75 Å². The number of carbonyl (C=O) groups is 2. The summed E-state index contributed by atoms with van der Waals surface area (Å²) in [4.78, 5) is 21.6. The lowest BCUT2D eigenvalue weighted by atomic mass is 10.2. The highest BCUT2D eigenvalue weighted by atomic mass is 79.9. The molecule has 2 N–H and O–H groups in total. The van der Waals surface area contributed by atoms with Crippen molar-refractivity contribution in [1.82, 2.24) is 5.32 Å². The van der Waals surface area contributed by atoms with Crippen molar-refractivity contribution in [1.29, 1.82) is 0 Å². The van der Waals surface area contributed by atoms with Gasteiger partial charge in [0.15, 0.2) is 6.61 Å². The van der Waals surface area contributed by atoms with Crippen LogP contribution in [0.4, 0.5) is 0 Å². The molecule has 0 aliphatic rings. The molecular weight excluding hydrogens is 314 g/mol. The number of hydrogen-bond donors (Lipinski definition) is 2. The third-order valence-corrected chi connectivity index (χ3v) is 2.74. The molecule has 0 heterocycles. The molecule has 1 rings (SSSR count). The fourth-order valence-corrected chi connectivity index (χ4v) is 1.86. The Kier molecular flexibility index (Phi) is 6.08. The van der Waals surface area contributed by atoms with Gasteiger partial charge in [-0.15, -0.1) is 0 Å². The molecule has 0 spiro atoms. The average molecular weight is 328 g/mol. The van der Waals surface area contributed by atoms with Crippen molar-refractivity contribution in [3.05, 3.63) is 40.4 Å². The third kappa shape index (κ3) is 6.05. The number of carboxylic acid groups (broad SMARTS) is 1. The molecule has 5 nitrogen and oxygen atoms in total. The Morgan fingerprint density at radius 3 is 2.84 bits per heavy atom. The SMILES string of the molecule is Cc1ccc(OCC(=O)NC/C=C/C(=O)O)c(Br)c1. The smallest absolute Gasteiger partial charge is 0.328 e. The van der Waals surface area contributed by atoms with E-state index in [1.165, 1.54) is 6.08 Å². The van der Waals surface area contributed by atoms with Crippen LogP contribution in [0, 0.1) is 6.92 Å². The molecule has 0 saturated carbocycles. The highest BCUT2D eigenvalue weighted by molar-refractivity contribution is 9.10. The van der Waals surface area contributed by atoms with Gasteiger partial charge in [-0.25, -0.2) is 4.79 Å². The maximum Gasteiger partial charge on any atom is 0.328 e. The van der Waals surface area contributed by atoms with Gasteiger partial charge in [0.25, 0.3) is 5.91 Å². The van der Waals surface area contributed by atoms with Gasteiger partial charge < -0.3 is 15.2 Å². The molecule has 102 valence electrons. The maximum atomic E-state index is 11.4. The van der Waals surface area contributed by atoms with Crippen LogP contribution < -0.4 is 10.1 Å². The van der Waals surface area contributed by atoms with Gasteiger partial charge in [-0.3, -0.25) is 4.79 Å². The molecule has 1 aromatic rings. The molecule has 0 aliphatic heterocycles. The van der Waals surface area contributed by atoms with Crippen LogP contribution in [-0.4, -0.2) is 30.1 Å². The van der Waals surface area contributed by atoms with E-state index in [1.54, 1.807) is 6.07 Å². The van der Waals surface area contributed by atoms with Gasteiger partial charge >= 0.3 is 5.97 Å². The minimum absolute atomic E-state index is 0.122. The monoisotopic (exact) mass is 327 g/mol. The van der Waals surface area contributed by atoms with Crippen LogP contribution >= 0.6 is 15.9 Å². The van der Waals surface area contributed by atoms with E-state index < -0.39 is 5.97 Å². The summed E-state index contributed by atoms with van der Waals surface area (Å²) >= 11 is 3.34. The summed E-state index contributed by atoms with van der Waals surface area (Å²) in [5, 5.41) is 10.9. The molecule has 1 amide bonds. The van der Waals surface area contributed by atoms with Crippen molar-refractivity contribution in [2.45, 2.75) is 6.92 Å². The first kappa shape index (κ1) is 15.2. The Bertz CT molecular complexity index is 499. The van der Waals surface area contributed by atoms with Crippen molar-refractivity contribution < 1.29 is 19.4 Å². The summed E-state index contributed by atoms with van der Waals surface area (Å²) in [6, 6.07) is 5.55. The predicted molar refractivity (Wildman–Crippen MR) is 74.2 cm³/mol. The maximum absolute atomic E-state index is 11.4. The van der Waals surface area contributed by atoms with Crippen LogP contribution in [0.15, 0.2) is 34.8 Å². The molecule has 0 aromatic heterocycles. The predicted octanol–water partition coefficient (Wildman–Crippen LogP) is 1.89. The first-order valence-corrected chi connectivity index (χ1v) is 6.33. The van der Waals surface area contributed by atoms with Gasteiger partial charge in [0.2, 0.25) is 0 Å². The highest BCUT2D eigenvalue weighted by Crippen LogP contribution is 2.25. The lowest BCUT2D eigenvalue weighted by Crippen LogP contribution is -2.29. The van der Waals surface area contributed by atoms with Gasteiger partial charge in [-0.05, 0) is 40.5 Å². The van der Waals surface area contributed by atoms with Crippen molar-refractivity contribution in [2.75, 3.05) is 13.2 Å². The quantitative estimate of drug-likeness (QED) is 0.782. The van der Waals surface area contributed by atoms with Gasteiger partial charge in [0.05, 0.1) is 4.47 Å². The average Bonchev–Trinajstić information content (AvgIpc) is 2.33. The Hall–Kier alpha value is -1.82. The number of ether oxygens (including phenoxy) is 1. The molecular formula is C13H14BrNO4. The van der Waals surface area contributed by atoms with Crippen LogP contribution in [0.5, 0.6) is 5.75 Å². The fraction of sp³-hybridized carbons (Fsp3) is 0.231. The largest absolute Gasteiger partial charge is 0.483 e. The third-order valence-electron chi connectivity index (χ3n) is 2.12. The van der Waals surface area contributed by atoms with Crippen molar-refractivity contribution in [3.63, 3.8) is 0 Å². The summed E-state index contributed by atoms with van der Waals surface area (Å²) in [5.74, 6) is -0.779. The molecule has 0 atom stereocenters. The van der Waals surface area contributed by atoms with E-state index >= 15 is 0 Å². The van der Waals surface area contributed by atoms with E-state index in [9.17, 15) is 9.59 Å². The molecule has 1 aromatic carbocycles. The second kappa shape index (κ2) is 7.58. The Morgan fingerprint density at radius 2 is 2.21 bits per heavy atom. The van der Waals surface area contributed by atoms with Crippen LogP contribution in [0.25, 0.3) is 0 Å². The van der Waals surface area contributed by atoms with Gasteiger partial charge in [-0.2, -0.15) is 0 Å². The normalized spacial score (nSPS) is 10.4. The van der Waals surface area contributed by atoms with Gasteiger partial charge in [0, 0.05) is 12.6 Å². The highest BCUT2D eigenvalue weighted by Gasteiger charge is 2.04.